The SMILES string of the molecule is CC.CC.O=C(c1cc(Cc2n[nH]c(=O)c3ccc(OC4CCC4)cc23)ccc1F)N1CCN(c2ccc(OCc3ccccc3)cn2)CC1. The number of fused-ring (bicyclic) bond motifs is 1. The van der Waals surface area contributed by atoms with Crippen LogP contribution in [0.1, 0.15) is 74.1 Å². The normalized spacial score (nSPS) is 14.1. The Hall–Kier alpha value is -5.25. The zero-order valence-electron chi connectivity index (χ0n) is 29.3. The summed E-state index contributed by atoms with van der Waals surface area (Å²) < 4.78 is 26.9. The largest absolute Gasteiger partial charge is 0.490 e. The van der Waals surface area contributed by atoms with Gasteiger partial charge in [-0.3, -0.25) is 9.59 Å². The molecule has 0 atom stereocenters. The molecule has 1 N–H and O–H groups in total. The third-order valence-electron chi connectivity index (χ3n) is 8.69. The van der Waals surface area contributed by atoms with Gasteiger partial charge in [0.15, 0.2) is 0 Å². The van der Waals surface area contributed by atoms with Gasteiger partial charge in [-0.15, -0.1) is 0 Å². The van der Waals surface area contributed by atoms with Gasteiger partial charge in [0.05, 0.1) is 28.9 Å². The number of nitrogens with one attached hydrogen (secondary N) is 1. The van der Waals surface area contributed by atoms with E-state index in [0.717, 1.165) is 30.6 Å². The Labute approximate surface area is 293 Å². The molecular formula is C40H46FN5O4. The molecule has 1 saturated carbocycles. The van der Waals surface area contributed by atoms with Crippen molar-refractivity contribution in [3.63, 3.8) is 0 Å². The number of ether oxygens (including phenoxy) is 2. The second kappa shape index (κ2) is 17.4. The second-order valence-electron chi connectivity index (χ2n) is 11.8. The number of H-pyrrole nitrogens is 1. The molecule has 0 spiro atoms. The number of aromatic amines is 1. The zero-order valence-corrected chi connectivity index (χ0v) is 29.3. The minimum atomic E-state index is -0.570. The Bertz CT molecular complexity index is 1900. The first-order valence-corrected chi connectivity index (χ1v) is 17.6. The molecule has 50 heavy (non-hydrogen) atoms. The van der Waals surface area contributed by atoms with Gasteiger partial charge in [0.1, 0.15) is 29.7 Å². The molecule has 2 fully saturated rings. The summed E-state index contributed by atoms with van der Waals surface area (Å²) in [6.07, 6.45) is 5.42. The lowest BCUT2D eigenvalue weighted by Crippen LogP contribution is -2.49. The summed E-state index contributed by atoms with van der Waals surface area (Å²) in [5.74, 6) is 1.26. The van der Waals surface area contributed by atoms with Gasteiger partial charge in [0.2, 0.25) is 0 Å². The van der Waals surface area contributed by atoms with Gasteiger partial charge in [-0.05, 0) is 72.9 Å². The molecule has 0 unspecified atom stereocenters. The monoisotopic (exact) mass is 679 g/mol. The Balaban J connectivity index is 0.00000117. The first kappa shape index (κ1) is 36.0. The van der Waals surface area contributed by atoms with E-state index in [1.165, 1.54) is 6.07 Å². The number of aromatic nitrogens is 3. The van der Waals surface area contributed by atoms with Gasteiger partial charge in [-0.2, -0.15) is 5.10 Å². The molecule has 1 aliphatic heterocycles. The fraction of sp³-hybridized carbons (Fsp3) is 0.350. The molecule has 0 radical (unpaired) electrons. The van der Waals surface area contributed by atoms with Crippen LogP contribution in [-0.4, -0.2) is 58.3 Å². The number of anilines is 1. The molecule has 2 aliphatic rings. The molecule has 3 heterocycles. The van der Waals surface area contributed by atoms with Crippen molar-refractivity contribution in [3.8, 4) is 11.5 Å². The van der Waals surface area contributed by atoms with Crippen LogP contribution in [0.2, 0.25) is 0 Å². The second-order valence-corrected chi connectivity index (χ2v) is 11.8. The first-order chi connectivity index (χ1) is 24.5. The van der Waals surface area contributed by atoms with Gasteiger partial charge in [0.25, 0.3) is 11.5 Å². The highest BCUT2D eigenvalue weighted by molar-refractivity contribution is 5.95. The highest BCUT2D eigenvalue weighted by Gasteiger charge is 2.25. The van der Waals surface area contributed by atoms with Crippen LogP contribution in [0, 0.1) is 5.82 Å². The van der Waals surface area contributed by atoms with E-state index in [0.29, 0.717) is 72.7 Å². The Morgan fingerprint density at radius 3 is 2.28 bits per heavy atom. The smallest absolute Gasteiger partial charge is 0.272 e. The number of halogens is 1. The van der Waals surface area contributed by atoms with E-state index >= 15 is 4.39 Å². The molecule has 3 aromatic carbocycles. The topological polar surface area (TPSA) is 101 Å². The number of rotatable bonds is 9. The van der Waals surface area contributed by atoms with Gasteiger partial charge < -0.3 is 19.3 Å². The fourth-order valence-corrected chi connectivity index (χ4v) is 5.82. The summed E-state index contributed by atoms with van der Waals surface area (Å²) in [7, 11) is 0. The van der Waals surface area contributed by atoms with Crippen LogP contribution >= 0.6 is 0 Å². The standard InChI is InChI=1S/C36H34FN5O4.2C2H6/c37-32-13-9-25(20-33-30-21-27(46-26-7-4-8-26)10-12-29(30)35(43)40-39-33)19-31(32)36(44)42-17-15-41(16-18-42)34-14-11-28(22-38-34)45-23-24-5-2-1-3-6-24;2*1-2/h1-3,5-6,9-14,19,21-22,26H,4,7-8,15-18,20,23H2,(H,40,43);2*1-2H3. The van der Waals surface area contributed by atoms with Crippen LogP contribution in [0.4, 0.5) is 10.2 Å². The molecule has 262 valence electrons. The van der Waals surface area contributed by atoms with Crippen LogP contribution in [0.25, 0.3) is 10.8 Å². The van der Waals surface area contributed by atoms with Gasteiger partial charge in [-0.25, -0.2) is 14.5 Å². The van der Waals surface area contributed by atoms with Crippen LogP contribution in [0.3, 0.4) is 0 Å². The van der Waals surface area contributed by atoms with E-state index in [9.17, 15) is 9.59 Å². The lowest BCUT2D eigenvalue weighted by molar-refractivity contribution is 0.0741. The molecule has 9 nitrogen and oxygen atoms in total. The average Bonchev–Trinajstić information content (AvgIpc) is 3.16. The summed E-state index contributed by atoms with van der Waals surface area (Å²) in [6.45, 7) is 10.5. The Kier molecular flexibility index (Phi) is 12.6. The summed E-state index contributed by atoms with van der Waals surface area (Å²) in [4.78, 5) is 34.3. The van der Waals surface area contributed by atoms with Crippen molar-refractivity contribution in [1.29, 1.82) is 0 Å². The van der Waals surface area contributed by atoms with Crippen LogP contribution in [0.5, 0.6) is 11.5 Å². The maximum Gasteiger partial charge on any atom is 0.272 e. The number of hydrogen-bond acceptors (Lipinski definition) is 7. The van der Waals surface area contributed by atoms with Crippen LogP contribution in [0.15, 0.2) is 89.9 Å². The summed E-state index contributed by atoms with van der Waals surface area (Å²) in [6, 6.07) is 23.7. The van der Waals surface area contributed by atoms with Crippen molar-refractivity contribution in [2.45, 2.75) is 66.1 Å². The molecule has 10 heteroatoms. The van der Waals surface area contributed by atoms with E-state index in [4.69, 9.17) is 9.47 Å². The molecule has 2 aromatic heterocycles. The summed E-state index contributed by atoms with van der Waals surface area (Å²) in [5, 5.41) is 8.06. The van der Waals surface area contributed by atoms with Crippen molar-refractivity contribution in [3.05, 3.63) is 124 Å². The molecular weight excluding hydrogens is 633 g/mol. The molecule has 1 amide bonds. The Morgan fingerprint density at radius 1 is 0.860 bits per heavy atom. The number of carbonyl (C=O) groups excluding carboxylic acids is 1. The maximum absolute atomic E-state index is 15.0. The van der Waals surface area contributed by atoms with Crippen molar-refractivity contribution >= 4 is 22.5 Å². The van der Waals surface area contributed by atoms with E-state index in [-0.39, 0.29) is 23.1 Å². The average molecular weight is 680 g/mol. The number of benzene rings is 3. The van der Waals surface area contributed by atoms with Gasteiger partial charge in [-0.1, -0.05) is 64.1 Å². The van der Waals surface area contributed by atoms with Crippen molar-refractivity contribution in [1.82, 2.24) is 20.1 Å². The lowest BCUT2D eigenvalue weighted by Gasteiger charge is -2.35. The highest BCUT2D eigenvalue weighted by atomic mass is 19.1. The van der Waals surface area contributed by atoms with E-state index in [1.807, 2.05) is 76.2 Å². The number of pyridine rings is 1. The molecule has 0 bridgehead atoms. The van der Waals surface area contributed by atoms with Gasteiger partial charge in [0, 0.05) is 38.0 Å². The zero-order chi connectivity index (χ0) is 35.5. The van der Waals surface area contributed by atoms with Gasteiger partial charge >= 0.3 is 0 Å². The summed E-state index contributed by atoms with van der Waals surface area (Å²) >= 11 is 0. The predicted octanol–water partition coefficient (Wildman–Crippen LogP) is 7.57. The first-order valence-electron chi connectivity index (χ1n) is 17.6. The highest BCUT2D eigenvalue weighted by Crippen LogP contribution is 2.28. The van der Waals surface area contributed by atoms with Crippen molar-refractivity contribution in [2.24, 2.45) is 0 Å². The van der Waals surface area contributed by atoms with Crippen LogP contribution in [-0.2, 0) is 13.0 Å². The minimum Gasteiger partial charge on any atom is -0.490 e. The summed E-state index contributed by atoms with van der Waals surface area (Å²) in [5.41, 5.74) is 2.15. The number of amides is 1. The quantitative estimate of drug-likeness (QED) is 0.172. The third-order valence-corrected chi connectivity index (χ3v) is 8.69. The molecule has 1 aliphatic carbocycles. The number of piperazine rings is 1. The fourth-order valence-electron chi connectivity index (χ4n) is 5.82. The maximum atomic E-state index is 15.0. The minimum absolute atomic E-state index is 0.0201. The van der Waals surface area contributed by atoms with E-state index in [1.54, 1.807) is 35.4 Å². The predicted molar refractivity (Wildman–Crippen MR) is 196 cm³/mol. The van der Waals surface area contributed by atoms with E-state index < -0.39 is 5.82 Å². The van der Waals surface area contributed by atoms with E-state index in [2.05, 4.69) is 20.1 Å². The molecule has 7 rings (SSSR count). The van der Waals surface area contributed by atoms with Crippen LogP contribution < -0.4 is 19.9 Å². The molecule has 5 aromatic rings. The number of carbonyl (C=O) groups is 1. The number of nitrogens with zero attached hydrogens (tertiary/aromatic N) is 4. The van der Waals surface area contributed by atoms with Crippen molar-refractivity contribution < 1.29 is 18.7 Å². The lowest BCUT2D eigenvalue weighted by atomic mass is 9.96. The Morgan fingerprint density at radius 2 is 1.60 bits per heavy atom. The third kappa shape index (κ3) is 8.66. The van der Waals surface area contributed by atoms with Crippen molar-refractivity contribution in [2.75, 3.05) is 31.1 Å². The number of hydrogen-bond donors (Lipinski definition) is 1. The molecule has 1 saturated heterocycles.